The molecule has 0 fully saturated rings. The maximum absolute atomic E-state index is 13.4. The molecule has 0 amide bonds. The minimum Gasteiger partial charge on any atom is -0.489 e. The number of benzene rings is 2. The van der Waals surface area contributed by atoms with E-state index in [1.54, 1.807) is 0 Å². The van der Waals surface area contributed by atoms with Gasteiger partial charge >= 0.3 is 0 Å². The Kier molecular flexibility index (Phi) is 3.41. The van der Waals surface area contributed by atoms with Gasteiger partial charge in [0, 0.05) is 29.4 Å². The molecular formula is C13H10F3NO. The fourth-order valence-corrected chi connectivity index (χ4v) is 1.45. The third kappa shape index (κ3) is 2.94. The number of nitrogens with two attached hydrogens (primary N) is 1. The Bertz CT molecular complexity index is 552. The zero-order valence-electron chi connectivity index (χ0n) is 9.29. The van der Waals surface area contributed by atoms with Gasteiger partial charge in [-0.3, -0.25) is 0 Å². The average Bonchev–Trinajstić information content (AvgIpc) is 2.26. The molecule has 0 saturated carbocycles. The summed E-state index contributed by atoms with van der Waals surface area (Å²) in [5.74, 6) is -2.01. The molecule has 18 heavy (non-hydrogen) atoms. The van der Waals surface area contributed by atoms with Crippen molar-refractivity contribution in [3.05, 3.63) is 59.4 Å². The van der Waals surface area contributed by atoms with Crippen molar-refractivity contribution in [1.29, 1.82) is 0 Å². The van der Waals surface area contributed by atoms with Crippen molar-refractivity contribution < 1.29 is 17.9 Å². The minimum absolute atomic E-state index is 0.00345. The van der Waals surface area contributed by atoms with Crippen molar-refractivity contribution in [2.45, 2.75) is 6.61 Å². The van der Waals surface area contributed by atoms with Crippen LogP contribution in [-0.2, 0) is 6.61 Å². The summed E-state index contributed by atoms with van der Waals surface area (Å²) in [6.07, 6.45) is 0. The van der Waals surface area contributed by atoms with Crippen LogP contribution in [0.4, 0.5) is 18.9 Å². The van der Waals surface area contributed by atoms with Crippen LogP contribution in [0.2, 0.25) is 0 Å². The minimum atomic E-state index is -0.747. The monoisotopic (exact) mass is 253 g/mol. The molecule has 94 valence electrons. The number of hydrogen-bond donors (Lipinski definition) is 1. The second-order valence-corrected chi connectivity index (χ2v) is 3.74. The molecule has 2 nitrogen and oxygen atoms in total. The molecule has 2 aromatic rings. The van der Waals surface area contributed by atoms with Gasteiger partial charge in [0.1, 0.15) is 29.8 Å². The number of ether oxygens (including phenoxy) is 1. The van der Waals surface area contributed by atoms with Crippen LogP contribution in [0.5, 0.6) is 5.75 Å². The van der Waals surface area contributed by atoms with Crippen LogP contribution in [0.15, 0.2) is 36.4 Å². The van der Waals surface area contributed by atoms with Crippen molar-refractivity contribution in [1.82, 2.24) is 0 Å². The lowest BCUT2D eigenvalue weighted by molar-refractivity contribution is 0.296. The molecule has 0 atom stereocenters. The molecule has 0 radical (unpaired) electrons. The molecule has 5 heteroatoms. The molecule has 2 N–H and O–H groups in total. The van der Waals surface area contributed by atoms with Crippen LogP contribution in [-0.4, -0.2) is 0 Å². The summed E-state index contributed by atoms with van der Waals surface area (Å²) in [4.78, 5) is 0. The first kappa shape index (κ1) is 12.3. The highest BCUT2D eigenvalue weighted by Crippen LogP contribution is 2.18. The molecule has 0 saturated heterocycles. The Morgan fingerprint density at radius 3 is 2.22 bits per heavy atom. The number of rotatable bonds is 3. The first-order valence-corrected chi connectivity index (χ1v) is 5.17. The number of halogens is 3. The molecule has 0 unspecified atom stereocenters. The van der Waals surface area contributed by atoms with Crippen LogP contribution < -0.4 is 10.5 Å². The maximum atomic E-state index is 13.4. The molecular weight excluding hydrogens is 243 g/mol. The average molecular weight is 253 g/mol. The molecule has 0 aliphatic carbocycles. The van der Waals surface area contributed by atoms with E-state index in [0.717, 1.165) is 24.3 Å². The first-order chi connectivity index (χ1) is 8.54. The van der Waals surface area contributed by atoms with E-state index in [1.807, 2.05) is 0 Å². The van der Waals surface area contributed by atoms with Crippen LogP contribution in [0, 0.1) is 17.5 Å². The second-order valence-electron chi connectivity index (χ2n) is 3.74. The highest BCUT2D eigenvalue weighted by Gasteiger charge is 2.05. The summed E-state index contributed by atoms with van der Waals surface area (Å²) in [6.45, 7) is -0.130. The smallest absolute Gasteiger partial charge is 0.131 e. The van der Waals surface area contributed by atoms with E-state index in [2.05, 4.69) is 0 Å². The van der Waals surface area contributed by atoms with Gasteiger partial charge in [-0.05, 0) is 12.1 Å². The van der Waals surface area contributed by atoms with E-state index in [9.17, 15) is 13.2 Å². The third-order valence-corrected chi connectivity index (χ3v) is 2.31. The Labute approximate surface area is 102 Å². The van der Waals surface area contributed by atoms with Crippen molar-refractivity contribution in [2.24, 2.45) is 0 Å². The van der Waals surface area contributed by atoms with Gasteiger partial charge in [0.25, 0.3) is 0 Å². The van der Waals surface area contributed by atoms with E-state index in [-0.39, 0.29) is 17.9 Å². The molecule has 0 aliphatic heterocycles. The Morgan fingerprint density at radius 1 is 0.944 bits per heavy atom. The fourth-order valence-electron chi connectivity index (χ4n) is 1.45. The summed E-state index contributed by atoms with van der Waals surface area (Å²) in [6, 6.07) is 6.92. The Hall–Kier alpha value is -2.17. The maximum Gasteiger partial charge on any atom is 0.131 e. The highest BCUT2D eigenvalue weighted by molar-refractivity contribution is 5.40. The van der Waals surface area contributed by atoms with Crippen LogP contribution >= 0.6 is 0 Å². The zero-order chi connectivity index (χ0) is 13.1. The van der Waals surface area contributed by atoms with Gasteiger partial charge in [0.05, 0.1) is 0 Å². The number of anilines is 1. The van der Waals surface area contributed by atoms with Gasteiger partial charge in [-0.1, -0.05) is 6.07 Å². The molecule has 0 heterocycles. The summed E-state index contributed by atoms with van der Waals surface area (Å²) in [7, 11) is 0. The summed E-state index contributed by atoms with van der Waals surface area (Å²) in [5.41, 5.74) is 5.95. The van der Waals surface area contributed by atoms with E-state index in [4.69, 9.17) is 10.5 Å². The SMILES string of the molecule is Nc1ccc(COc2cc(F)cc(F)c2)c(F)c1. The lowest BCUT2D eigenvalue weighted by Crippen LogP contribution is -2.00. The highest BCUT2D eigenvalue weighted by atomic mass is 19.1. The quantitative estimate of drug-likeness (QED) is 0.852. The predicted octanol–water partition coefficient (Wildman–Crippen LogP) is 3.27. The third-order valence-electron chi connectivity index (χ3n) is 2.31. The number of nitrogen functional groups attached to an aromatic ring is 1. The Balaban J connectivity index is 2.11. The van der Waals surface area contributed by atoms with Gasteiger partial charge < -0.3 is 10.5 Å². The largest absolute Gasteiger partial charge is 0.489 e. The fraction of sp³-hybridized carbons (Fsp3) is 0.0769. The van der Waals surface area contributed by atoms with Gasteiger partial charge in [-0.2, -0.15) is 0 Å². The van der Waals surface area contributed by atoms with Crippen LogP contribution in [0.3, 0.4) is 0 Å². The van der Waals surface area contributed by atoms with Crippen LogP contribution in [0.1, 0.15) is 5.56 Å². The van der Waals surface area contributed by atoms with E-state index in [0.29, 0.717) is 5.69 Å². The van der Waals surface area contributed by atoms with E-state index >= 15 is 0 Å². The normalized spacial score (nSPS) is 10.4. The first-order valence-electron chi connectivity index (χ1n) is 5.17. The standard InChI is InChI=1S/C13H10F3NO/c14-9-3-10(15)5-12(4-9)18-7-8-1-2-11(17)6-13(8)16/h1-6H,7,17H2. The zero-order valence-corrected chi connectivity index (χ0v) is 9.29. The summed E-state index contributed by atoms with van der Waals surface area (Å²) < 4.78 is 44.3. The van der Waals surface area contributed by atoms with Gasteiger partial charge in [-0.15, -0.1) is 0 Å². The molecule has 0 spiro atoms. The molecule has 0 aromatic heterocycles. The topological polar surface area (TPSA) is 35.2 Å². The van der Waals surface area contributed by atoms with Crippen molar-refractivity contribution >= 4 is 5.69 Å². The molecule has 0 bridgehead atoms. The van der Waals surface area contributed by atoms with Crippen molar-refractivity contribution in [2.75, 3.05) is 5.73 Å². The molecule has 2 aromatic carbocycles. The predicted molar refractivity (Wildman–Crippen MR) is 61.5 cm³/mol. The Morgan fingerprint density at radius 2 is 1.61 bits per heavy atom. The van der Waals surface area contributed by atoms with Gasteiger partial charge in [0.15, 0.2) is 0 Å². The molecule has 0 aliphatic rings. The van der Waals surface area contributed by atoms with E-state index < -0.39 is 17.5 Å². The van der Waals surface area contributed by atoms with E-state index in [1.165, 1.54) is 12.1 Å². The lowest BCUT2D eigenvalue weighted by Gasteiger charge is -2.08. The summed E-state index contributed by atoms with van der Waals surface area (Å²) >= 11 is 0. The lowest BCUT2D eigenvalue weighted by atomic mass is 10.2. The van der Waals surface area contributed by atoms with Crippen LogP contribution in [0.25, 0.3) is 0 Å². The second kappa shape index (κ2) is 5.00. The number of hydrogen-bond acceptors (Lipinski definition) is 2. The summed E-state index contributed by atoms with van der Waals surface area (Å²) in [5, 5.41) is 0. The van der Waals surface area contributed by atoms with Gasteiger partial charge in [-0.25, -0.2) is 13.2 Å². The van der Waals surface area contributed by atoms with Crippen molar-refractivity contribution in [3.8, 4) is 5.75 Å². The molecule has 2 rings (SSSR count). The van der Waals surface area contributed by atoms with Gasteiger partial charge in [0.2, 0.25) is 0 Å². The van der Waals surface area contributed by atoms with Crippen molar-refractivity contribution in [3.63, 3.8) is 0 Å².